The molecule has 1 aromatic carbocycles. The van der Waals surface area contributed by atoms with Crippen molar-refractivity contribution < 1.29 is 9.53 Å². The molecular formula is C12H17NO2S. The molecule has 0 fully saturated rings. The van der Waals surface area contributed by atoms with Gasteiger partial charge in [-0.15, -0.1) is 11.8 Å². The predicted molar refractivity (Wildman–Crippen MR) is 67.0 cm³/mol. The Morgan fingerprint density at radius 2 is 2.06 bits per heavy atom. The maximum atomic E-state index is 11.5. The van der Waals surface area contributed by atoms with Crippen molar-refractivity contribution in [2.75, 3.05) is 13.7 Å². The highest BCUT2D eigenvalue weighted by atomic mass is 32.2. The van der Waals surface area contributed by atoms with E-state index < -0.39 is 0 Å². The van der Waals surface area contributed by atoms with Crippen LogP contribution in [0.4, 0.5) is 0 Å². The van der Waals surface area contributed by atoms with Crippen molar-refractivity contribution in [3.05, 3.63) is 24.3 Å². The third kappa shape index (κ3) is 3.77. The van der Waals surface area contributed by atoms with E-state index in [0.717, 1.165) is 10.6 Å². The quantitative estimate of drug-likeness (QED) is 0.801. The number of carbonyl (C=O) groups excluding carboxylic acids is 1. The van der Waals surface area contributed by atoms with Gasteiger partial charge in [0.25, 0.3) is 0 Å². The van der Waals surface area contributed by atoms with Crippen molar-refractivity contribution in [3.63, 3.8) is 0 Å². The SMILES string of the molecule is CCNC(=O)C(C)Sc1ccc(OC)cc1. The number of hydrogen-bond donors (Lipinski definition) is 1. The molecule has 1 unspecified atom stereocenters. The van der Waals surface area contributed by atoms with Gasteiger partial charge < -0.3 is 10.1 Å². The van der Waals surface area contributed by atoms with E-state index in [-0.39, 0.29) is 11.2 Å². The Bertz CT molecular complexity index is 337. The van der Waals surface area contributed by atoms with Gasteiger partial charge in [0.2, 0.25) is 5.91 Å². The molecule has 0 aliphatic rings. The van der Waals surface area contributed by atoms with Gasteiger partial charge in [-0.25, -0.2) is 0 Å². The van der Waals surface area contributed by atoms with Crippen molar-refractivity contribution in [1.29, 1.82) is 0 Å². The number of ether oxygens (including phenoxy) is 1. The molecule has 4 heteroatoms. The first kappa shape index (κ1) is 12.9. The fourth-order valence-electron chi connectivity index (χ4n) is 1.23. The Kier molecular flexibility index (Phi) is 5.19. The largest absolute Gasteiger partial charge is 0.497 e. The molecule has 0 saturated carbocycles. The van der Waals surface area contributed by atoms with E-state index in [4.69, 9.17) is 4.74 Å². The van der Waals surface area contributed by atoms with Crippen molar-refractivity contribution in [1.82, 2.24) is 5.32 Å². The summed E-state index contributed by atoms with van der Waals surface area (Å²) in [4.78, 5) is 12.6. The van der Waals surface area contributed by atoms with Gasteiger partial charge in [-0.1, -0.05) is 0 Å². The lowest BCUT2D eigenvalue weighted by molar-refractivity contribution is -0.120. The number of benzene rings is 1. The third-order valence-electron chi connectivity index (χ3n) is 2.09. The van der Waals surface area contributed by atoms with Crippen LogP contribution in [0.25, 0.3) is 0 Å². The van der Waals surface area contributed by atoms with Crippen molar-refractivity contribution in [2.45, 2.75) is 24.0 Å². The number of amides is 1. The highest BCUT2D eigenvalue weighted by Crippen LogP contribution is 2.25. The molecule has 3 nitrogen and oxygen atoms in total. The van der Waals surface area contributed by atoms with Crippen LogP contribution in [0, 0.1) is 0 Å². The van der Waals surface area contributed by atoms with E-state index >= 15 is 0 Å². The average Bonchev–Trinajstić information content (AvgIpc) is 2.30. The normalized spacial score (nSPS) is 11.9. The fraction of sp³-hybridized carbons (Fsp3) is 0.417. The van der Waals surface area contributed by atoms with E-state index in [1.54, 1.807) is 18.9 Å². The molecule has 0 aromatic heterocycles. The summed E-state index contributed by atoms with van der Waals surface area (Å²) in [6.07, 6.45) is 0. The first-order valence-electron chi connectivity index (χ1n) is 5.25. The predicted octanol–water partition coefficient (Wildman–Crippen LogP) is 2.31. The van der Waals surface area contributed by atoms with Gasteiger partial charge >= 0.3 is 0 Å². The Morgan fingerprint density at radius 3 is 2.56 bits per heavy atom. The summed E-state index contributed by atoms with van der Waals surface area (Å²) in [7, 11) is 1.64. The molecule has 1 atom stereocenters. The minimum Gasteiger partial charge on any atom is -0.497 e. The van der Waals surface area contributed by atoms with E-state index in [1.165, 1.54) is 0 Å². The molecule has 1 amide bonds. The maximum absolute atomic E-state index is 11.5. The zero-order valence-electron chi connectivity index (χ0n) is 9.82. The molecule has 1 N–H and O–H groups in total. The number of thioether (sulfide) groups is 1. The molecule has 1 aromatic rings. The highest BCUT2D eigenvalue weighted by Gasteiger charge is 2.12. The minimum absolute atomic E-state index is 0.0725. The molecule has 0 aliphatic carbocycles. The summed E-state index contributed by atoms with van der Waals surface area (Å²) >= 11 is 1.54. The number of nitrogens with one attached hydrogen (secondary N) is 1. The number of rotatable bonds is 5. The molecule has 0 saturated heterocycles. The molecule has 88 valence electrons. The smallest absolute Gasteiger partial charge is 0.233 e. The van der Waals surface area contributed by atoms with Gasteiger partial charge in [-0.05, 0) is 38.1 Å². The Labute approximate surface area is 101 Å². The lowest BCUT2D eigenvalue weighted by Crippen LogP contribution is -2.30. The van der Waals surface area contributed by atoms with Crippen molar-refractivity contribution >= 4 is 17.7 Å². The molecule has 0 bridgehead atoms. The van der Waals surface area contributed by atoms with Crippen LogP contribution in [0.1, 0.15) is 13.8 Å². The van der Waals surface area contributed by atoms with Crippen LogP contribution in [-0.2, 0) is 4.79 Å². The lowest BCUT2D eigenvalue weighted by atomic mass is 10.3. The van der Waals surface area contributed by atoms with Gasteiger partial charge in [-0.3, -0.25) is 4.79 Å². The Hall–Kier alpha value is -1.16. The zero-order valence-corrected chi connectivity index (χ0v) is 10.6. The van der Waals surface area contributed by atoms with Crippen LogP contribution in [0.15, 0.2) is 29.2 Å². The second-order valence-electron chi connectivity index (χ2n) is 3.33. The molecule has 0 radical (unpaired) electrons. The molecule has 16 heavy (non-hydrogen) atoms. The van der Waals surface area contributed by atoms with Crippen LogP contribution in [0.3, 0.4) is 0 Å². The standard InChI is InChI=1S/C12H17NO2S/c1-4-13-12(14)9(2)16-11-7-5-10(15-3)6-8-11/h5-9H,4H2,1-3H3,(H,13,14). The summed E-state index contributed by atoms with van der Waals surface area (Å²) in [5.41, 5.74) is 0. The van der Waals surface area contributed by atoms with Crippen LogP contribution in [-0.4, -0.2) is 24.8 Å². The molecule has 0 spiro atoms. The van der Waals surface area contributed by atoms with Crippen LogP contribution >= 0.6 is 11.8 Å². The van der Waals surface area contributed by atoms with Gasteiger partial charge in [0, 0.05) is 11.4 Å². The van der Waals surface area contributed by atoms with E-state index in [1.807, 2.05) is 38.1 Å². The number of hydrogen-bond acceptors (Lipinski definition) is 3. The second-order valence-corrected chi connectivity index (χ2v) is 4.74. The van der Waals surface area contributed by atoms with Gasteiger partial charge in [0.15, 0.2) is 0 Å². The fourth-order valence-corrected chi connectivity index (χ4v) is 2.12. The monoisotopic (exact) mass is 239 g/mol. The van der Waals surface area contributed by atoms with Crippen LogP contribution in [0.5, 0.6) is 5.75 Å². The summed E-state index contributed by atoms with van der Waals surface area (Å²) < 4.78 is 5.07. The summed E-state index contributed by atoms with van der Waals surface area (Å²) in [5.74, 6) is 0.901. The van der Waals surface area contributed by atoms with E-state index in [9.17, 15) is 4.79 Å². The number of methoxy groups -OCH3 is 1. The maximum Gasteiger partial charge on any atom is 0.233 e. The topological polar surface area (TPSA) is 38.3 Å². The highest BCUT2D eigenvalue weighted by molar-refractivity contribution is 8.00. The Morgan fingerprint density at radius 1 is 1.44 bits per heavy atom. The molecule has 0 heterocycles. The average molecular weight is 239 g/mol. The van der Waals surface area contributed by atoms with Gasteiger partial charge in [0.1, 0.15) is 5.75 Å². The first-order valence-corrected chi connectivity index (χ1v) is 6.13. The third-order valence-corrected chi connectivity index (χ3v) is 3.20. The van der Waals surface area contributed by atoms with Crippen molar-refractivity contribution in [3.8, 4) is 5.75 Å². The van der Waals surface area contributed by atoms with Gasteiger partial charge in [0.05, 0.1) is 12.4 Å². The first-order chi connectivity index (χ1) is 7.67. The van der Waals surface area contributed by atoms with Crippen molar-refractivity contribution in [2.24, 2.45) is 0 Å². The van der Waals surface area contributed by atoms with Gasteiger partial charge in [-0.2, -0.15) is 0 Å². The molecular weight excluding hydrogens is 222 g/mol. The Balaban J connectivity index is 2.55. The second kappa shape index (κ2) is 6.43. The van der Waals surface area contributed by atoms with Crippen LogP contribution in [0.2, 0.25) is 0 Å². The zero-order chi connectivity index (χ0) is 12.0. The van der Waals surface area contributed by atoms with Crippen LogP contribution < -0.4 is 10.1 Å². The lowest BCUT2D eigenvalue weighted by Gasteiger charge is -2.10. The summed E-state index contributed by atoms with van der Waals surface area (Å²) in [6.45, 7) is 4.49. The summed E-state index contributed by atoms with van der Waals surface area (Å²) in [5, 5.41) is 2.73. The molecule has 0 aliphatic heterocycles. The van der Waals surface area contributed by atoms with E-state index in [0.29, 0.717) is 6.54 Å². The summed E-state index contributed by atoms with van der Waals surface area (Å²) in [6, 6.07) is 7.71. The minimum atomic E-state index is -0.0756. The number of carbonyl (C=O) groups is 1. The molecule has 1 rings (SSSR count). The van der Waals surface area contributed by atoms with E-state index in [2.05, 4.69) is 5.32 Å².